The van der Waals surface area contributed by atoms with Crippen LogP contribution in [0, 0.1) is 0 Å². The van der Waals surface area contributed by atoms with E-state index in [1.54, 1.807) is 11.0 Å². The minimum absolute atomic E-state index is 0.0601. The van der Waals surface area contributed by atoms with Crippen molar-refractivity contribution in [3.8, 4) is 5.75 Å². The van der Waals surface area contributed by atoms with Gasteiger partial charge in [-0.25, -0.2) is 9.67 Å². The number of halogens is 1. The van der Waals surface area contributed by atoms with E-state index in [1.165, 1.54) is 6.33 Å². The second-order valence-corrected chi connectivity index (χ2v) is 6.84. The first-order valence-electron chi connectivity index (χ1n) is 8.56. The van der Waals surface area contributed by atoms with Crippen molar-refractivity contribution in [2.45, 2.75) is 25.3 Å². The predicted molar refractivity (Wildman–Crippen MR) is 103 cm³/mol. The van der Waals surface area contributed by atoms with Gasteiger partial charge in [0.1, 0.15) is 24.4 Å². The van der Waals surface area contributed by atoms with Gasteiger partial charge in [0, 0.05) is 10.0 Å². The highest BCUT2D eigenvalue weighted by Gasteiger charge is 2.22. The van der Waals surface area contributed by atoms with Crippen LogP contribution < -0.4 is 4.74 Å². The van der Waals surface area contributed by atoms with Crippen LogP contribution in [0.1, 0.15) is 35.7 Å². The molecule has 0 amide bonds. The molecule has 0 saturated carbocycles. The Morgan fingerprint density at radius 2 is 1.85 bits per heavy atom. The van der Waals surface area contributed by atoms with E-state index in [0.29, 0.717) is 18.6 Å². The third-order valence-electron chi connectivity index (χ3n) is 4.07. The molecule has 134 valence electrons. The number of unbranched alkanes of at least 4 members (excludes halogenated alkanes) is 1. The van der Waals surface area contributed by atoms with Gasteiger partial charge in [-0.05, 0) is 43.5 Å². The van der Waals surface area contributed by atoms with Crippen LogP contribution in [0.4, 0.5) is 0 Å². The SMILES string of the molecule is O=C(c1ccccc1)C(CCCCOc1ccc(Br)cc1)n1cncn1. The molecule has 0 aliphatic heterocycles. The number of hydrogen-bond donors (Lipinski definition) is 0. The van der Waals surface area contributed by atoms with Gasteiger partial charge in [-0.15, -0.1) is 0 Å². The number of Topliss-reactive ketones (excluding diaryl/α,β-unsaturated/α-hetero) is 1. The Balaban J connectivity index is 1.53. The van der Waals surface area contributed by atoms with Gasteiger partial charge < -0.3 is 4.74 Å². The molecule has 1 heterocycles. The fourth-order valence-electron chi connectivity index (χ4n) is 2.72. The fourth-order valence-corrected chi connectivity index (χ4v) is 2.98. The van der Waals surface area contributed by atoms with Crippen molar-refractivity contribution in [1.82, 2.24) is 14.8 Å². The fraction of sp³-hybridized carbons (Fsp3) is 0.250. The van der Waals surface area contributed by atoms with Gasteiger partial charge in [0.15, 0.2) is 5.78 Å². The van der Waals surface area contributed by atoms with Crippen LogP contribution in [-0.2, 0) is 0 Å². The molecular weight excluding hydrogens is 394 g/mol. The van der Waals surface area contributed by atoms with Gasteiger partial charge in [0.2, 0.25) is 0 Å². The molecule has 0 radical (unpaired) electrons. The van der Waals surface area contributed by atoms with Crippen LogP contribution in [0.25, 0.3) is 0 Å². The van der Waals surface area contributed by atoms with Crippen LogP contribution in [0.15, 0.2) is 71.7 Å². The normalized spacial score (nSPS) is 11.9. The summed E-state index contributed by atoms with van der Waals surface area (Å²) < 4.78 is 8.41. The standard InChI is InChI=1S/C20H20BrN3O2/c21-17-9-11-18(12-10-17)26-13-5-4-8-19(24-15-22-14-23-24)20(25)16-6-2-1-3-7-16/h1-3,6-7,9-12,14-15,19H,4-5,8,13H2. The van der Waals surface area contributed by atoms with E-state index in [-0.39, 0.29) is 11.8 Å². The first kappa shape index (κ1) is 18.3. The molecule has 1 atom stereocenters. The maximum absolute atomic E-state index is 12.8. The minimum Gasteiger partial charge on any atom is -0.494 e. The molecular formula is C20H20BrN3O2. The lowest BCUT2D eigenvalue weighted by molar-refractivity contribution is 0.0907. The smallest absolute Gasteiger partial charge is 0.187 e. The van der Waals surface area contributed by atoms with Crippen molar-refractivity contribution in [3.63, 3.8) is 0 Å². The maximum Gasteiger partial charge on any atom is 0.187 e. The average molecular weight is 414 g/mol. The largest absolute Gasteiger partial charge is 0.494 e. The summed E-state index contributed by atoms with van der Waals surface area (Å²) >= 11 is 3.41. The van der Waals surface area contributed by atoms with Gasteiger partial charge in [0.25, 0.3) is 0 Å². The van der Waals surface area contributed by atoms with Crippen LogP contribution in [0.5, 0.6) is 5.75 Å². The summed E-state index contributed by atoms with van der Waals surface area (Å²) in [6.45, 7) is 0.616. The molecule has 0 aliphatic rings. The third kappa shape index (κ3) is 5.02. The number of ketones is 1. The Morgan fingerprint density at radius 3 is 2.54 bits per heavy atom. The van der Waals surface area contributed by atoms with E-state index in [4.69, 9.17) is 4.74 Å². The Bertz CT molecular complexity index is 805. The summed E-state index contributed by atoms with van der Waals surface area (Å²) in [5, 5.41) is 4.17. The van der Waals surface area contributed by atoms with Gasteiger partial charge in [0.05, 0.1) is 6.61 Å². The molecule has 0 fully saturated rings. The molecule has 0 bridgehead atoms. The second-order valence-electron chi connectivity index (χ2n) is 5.92. The highest BCUT2D eigenvalue weighted by molar-refractivity contribution is 9.10. The van der Waals surface area contributed by atoms with Gasteiger partial charge in [-0.3, -0.25) is 4.79 Å². The predicted octanol–water partition coefficient (Wildman–Crippen LogP) is 4.71. The van der Waals surface area contributed by atoms with E-state index < -0.39 is 0 Å². The zero-order chi connectivity index (χ0) is 18.2. The summed E-state index contributed by atoms with van der Waals surface area (Å²) in [7, 11) is 0. The van der Waals surface area contributed by atoms with E-state index in [1.807, 2.05) is 54.6 Å². The number of carbonyl (C=O) groups is 1. The molecule has 1 aromatic heterocycles. The highest BCUT2D eigenvalue weighted by Crippen LogP contribution is 2.21. The molecule has 1 unspecified atom stereocenters. The lowest BCUT2D eigenvalue weighted by atomic mass is 9.99. The maximum atomic E-state index is 12.8. The lowest BCUT2D eigenvalue weighted by Crippen LogP contribution is -2.20. The lowest BCUT2D eigenvalue weighted by Gasteiger charge is -2.16. The van der Waals surface area contributed by atoms with Crippen molar-refractivity contribution in [3.05, 3.63) is 77.3 Å². The number of carbonyl (C=O) groups excluding carboxylic acids is 1. The molecule has 0 spiro atoms. The minimum atomic E-state index is -0.340. The summed E-state index contributed by atoms with van der Waals surface area (Å²) in [6.07, 6.45) is 5.48. The first-order valence-corrected chi connectivity index (χ1v) is 9.35. The molecule has 5 nitrogen and oxygen atoms in total. The van der Waals surface area contributed by atoms with Crippen molar-refractivity contribution in [1.29, 1.82) is 0 Å². The zero-order valence-corrected chi connectivity index (χ0v) is 15.9. The van der Waals surface area contributed by atoms with Crippen LogP contribution in [0.3, 0.4) is 0 Å². The third-order valence-corrected chi connectivity index (χ3v) is 4.60. The first-order chi connectivity index (χ1) is 12.7. The van der Waals surface area contributed by atoms with Crippen LogP contribution >= 0.6 is 15.9 Å². The number of aromatic nitrogens is 3. The van der Waals surface area contributed by atoms with Crippen LogP contribution in [-0.4, -0.2) is 27.2 Å². The van der Waals surface area contributed by atoms with Gasteiger partial charge in [-0.2, -0.15) is 5.10 Å². The topological polar surface area (TPSA) is 57.0 Å². The number of ether oxygens (including phenoxy) is 1. The molecule has 0 saturated heterocycles. The Morgan fingerprint density at radius 1 is 1.08 bits per heavy atom. The number of benzene rings is 2. The summed E-state index contributed by atoms with van der Waals surface area (Å²) in [5.74, 6) is 0.909. The molecule has 0 aliphatic carbocycles. The molecule has 3 aromatic rings. The van der Waals surface area contributed by atoms with Crippen molar-refractivity contribution >= 4 is 21.7 Å². The van der Waals surface area contributed by atoms with Gasteiger partial charge in [-0.1, -0.05) is 46.3 Å². The summed E-state index contributed by atoms with van der Waals surface area (Å²) in [5.41, 5.74) is 0.694. The number of rotatable bonds is 9. The average Bonchev–Trinajstić information content (AvgIpc) is 3.21. The Kier molecular flexibility index (Phi) is 6.55. The molecule has 3 rings (SSSR count). The number of hydrogen-bond acceptors (Lipinski definition) is 4. The summed E-state index contributed by atoms with van der Waals surface area (Å²) in [4.78, 5) is 16.8. The number of nitrogens with zero attached hydrogens (tertiary/aromatic N) is 3. The zero-order valence-electron chi connectivity index (χ0n) is 14.3. The van der Waals surface area contributed by atoms with Crippen molar-refractivity contribution < 1.29 is 9.53 Å². The molecule has 0 N–H and O–H groups in total. The molecule has 6 heteroatoms. The van der Waals surface area contributed by atoms with Crippen molar-refractivity contribution in [2.24, 2.45) is 0 Å². The quantitative estimate of drug-likeness (QED) is 0.376. The molecule has 26 heavy (non-hydrogen) atoms. The van der Waals surface area contributed by atoms with Crippen LogP contribution in [0.2, 0.25) is 0 Å². The van der Waals surface area contributed by atoms with Crippen molar-refractivity contribution in [2.75, 3.05) is 6.61 Å². The van der Waals surface area contributed by atoms with E-state index in [9.17, 15) is 4.79 Å². The van der Waals surface area contributed by atoms with E-state index in [0.717, 1.165) is 23.1 Å². The second kappa shape index (κ2) is 9.29. The monoisotopic (exact) mass is 413 g/mol. The summed E-state index contributed by atoms with van der Waals surface area (Å²) in [6, 6.07) is 16.8. The Hall–Kier alpha value is -2.47. The van der Waals surface area contributed by atoms with E-state index >= 15 is 0 Å². The van der Waals surface area contributed by atoms with E-state index in [2.05, 4.69) is 26.0 Å². The molecule has 2 aromatic carbocycles. The Labute approximate surface area is 161 Å². The highest BCUT2D eigenvalue weighted by atomic mass is 79.9. The van der Waals surface area contributed by atoms with Gasteiger partial charge >= 0.3 is 0 Å².